The number of benzene rings is 3. The van der Waals surface area contributed by atoms with Gasteiger partial charge in [-0.2, -0.15) is 0 Å². The maximum Gasteiger partial charge on any atom is 0.295 e. The smallest absolute Gasteiger partial charge is 0.295 e. The first kappa shape index (κ1) is 26.1. The molecule has 0 radical (unpaired) electrons. The summed E-state index contributed by atoms with van der Waals surface area (Å²) in [5, 5.41) is 11.4. The lowest BCUT2D eigenvalue weighted by Crippen LogP contribution is -2.29. The van der Waals surface area contributed by atoms with Gasteiger partial charge in [0.2, 0.25) is 0 Å². The molecule has 3 aromatic rings. The zero-order chi connectivity index (χ0) is 26.9. The van der Waals surface area contributed by atoms with Gasteiger partial charge in [-0.25, -0.2) is 4.39 Å². The quantitative estimate of drug-likeness (QED) is 0.237. The summed E-state index contributed by atoms with van der Waals surface area (Å²) in [6, 6.07) is 19.6. The maximum absolute atomic E-state index is 13.5. The zero-order valence-electron chi connectivity index (χ0n) is 21.8. The van der Waals surface area contributed by atoms with Gasteiger partial charge in [0.05, 0.1) is 17.7 Å². The first-order valence-electron chi connectivity index (χ1n) is 12.4. The van der Waals surface area contributed by atoms with Crippen molar-refractivity contribution < 1.29 is 23.8 Å². The van der Waals surface area contributed by atoms with Crippen molar-refractivity contribution in [1.82, 2.24) is 4.90 Å². The lowest BCUT2D eigenvalue weighted by Gasteiger charge is -2.26. The largest absolute Gasteiger partial charge is 0.507 e. The summed E-state index contributed by atoms with van der Waals surface area (Å²) in [6.07, 6.45) is -0.0694. The van der Waals surface area contributed by atoms with Crippen LogP contribution >= 0.6 is 0 Å². The highest BCUT2D eigenvalue weighted by Gasteiger charge is 2.46. The molecule has 0 aromatic heterocycles. The number of aliphatic hydroxyl groups is 1. The molecule has 1 amide bonds. The number of carbonyl (C=O) groups excluding carboxylic acids is 2. The highest BCUT2D eigenvalue weighted by atomic mass is 19.1. The van der Waals surface area contributed by atoms with Crippen LogP contribution in [-0.4, -0.2) is 27.8 Å². The fourth-order valence-electron chi connectivity index (χ4n) is 4.49. The first-order chi connectivity index (χ1) is 17.5. The van der Waals surface area contributed by atoms with Gasteiger partial charge in [0.25, 0.3) is 11.7 Å². The van der Waals surface area contributed by atoms with E-state index >= 15 is 0 Å². The summed E-state index contributed by atoms with van der Waals surface area (Å²) >= 11 is 0. The molecule has 0 saturated carbocycles. The highest BCUT2D eigenvalue weighted by Crippen LogP contribution is 2.41. The standard InChI is InChI=1S/C31H32FNO4/c1-19(2)37-25-8-6-7-22(17-25)28(34)26-27(21-11-13-23(14-12-21)31(3,4)5)33(30(36)29(26)35)18-20-9-15-24(32)16-10-20/h6-17,19,27,34H,18H2,1-5H3/b28-26-. The number of Topliss-reactive ketones (excluding diaryl/α,β-unsaturated/α-hetero) is 1. The molecule has 1 saturated heterocycles. The number of aliphatic hydroxyl groups excluding tert-OH is 1. The predicted molar refractivity (Wildman–Crippen MR) is 142 cm³/mol. The average Bonchev–Trinajstić information content (AvgIpc) is 3.09. The minimum absolute atomic E-state index is 0.0114. The second-order valence-corrected chi connectivity index (χ2v) is 10.6. The van der Waals surface area contributed by atoms with E-state index in [9.17, 15) is 19.1 Å². The van der Waals surface area contributed by atoms with Crippen LogP contribution in [0.1, 0.15) is 62.9 Å². The van der Waals surface area contributed by atoms with Crippen LogP contribution in [0.5, 0.6) is 5.75 Å². The van der Waals surface area contributed by atoms with E-state index in [1.54, 1.807) is 36.4 Å². The molecule has 4 rings (SSSR count). The molecule has 37 heavy (non-hydrogen) atoms. The molecule has 0 bridgehead atoms. The third-order valence-corrected chi connectivity index (χ3v) is 6.38. The third kappa shape index (κ3) is 5.58. The first-order valence-corrected chi connectivity index (χ1v) is 12.4. The second-order valence-electron chi connectivity index (χ2n) is 10.6. The number of likely N-dealkylation sites (tertiary alicyclic amines) is 1. The molecular weight excluding hydrogens is 469 g/mol. The van der Waals surface area contributed by atoms with Crippen LogP contribution in [0.15, 0.2) is 78.4 Å². The van der Waals surface area contributed by atoms with Crippen molar-refractivity contribution in [2.75, 3.05) is 0 Å². The number of hydrogen-bond donors (Lipinski definition) is 1. The Morgan fingerprint density at radius 2 is 1.65 bits per heavy atom. The fraction of sp³-hybridized carbons (Fsp3) is 0.290. The number of halogens is 1. The summed E-state index contributed by atoms with van der Waals surface area (Å²) in [5.74, 6) is -1.58. The molecule has 1 heterocycles. The minimum atomic E-state index is -0.811. The van der Waals surface area contributed by atoms with Gasteiger partial charge < -0.3 is 14.7 Å². The second kappa shape index (κ2) is 10.2. The van der Waals surface area contributed by atoms with Crippen molar-refractivity contribution in [2.24, 2.45) is 0 Å². The molecule has 1 unspecified atom stereocenters. The van der Waals surface area contributed by atoms with E-state index in [-0.39, 0.29) is 35.2 Å². The fourth-order valence-corrected chi connectivity index (χ4v) is 4.49. The molecule has 1 aliphatic heterocycles. The van der Waals surface area contributed by atoms with Crippen LogP contribution < -0.4 is 4.74 Å². The van der Waals surface area contributed by atoms with E-state index in [1.807, 2.05) is 38.1 Å². The van der Waals surface area contributed by atoms with Gasteiger partial charge in [-0.15, -0.1) is 0 Å². The third-order valence-electron chi connectivity index (χ3n) is 6.38. The van der Waals surface area contributed by atoms with Gasteiger partial charge in [0.15, 0.2) is 0 Å². The molecule has 1 aliphatic rings. The summed E-state index contributed by atoms with van der Waals surface area (Å²) in [5.41, 5.74) is 2.79. The SMILES string of the molecule is CC(C)Oc1cccc(/C(O)=C2/C(=O)C(=O)N(Cc3ccc(F)cc3)C2c2ccc(C(C)(C)C)cc2)c1. The Balaban J connectivity index is 1.84. The summed E-state index contributed by atoms with van der Waals surface area (Å²) in [4.78, 5) is 28.1. The number of ketones is 1. The van der Waals surface area contributed by atoms with Crippen molar-refractivity contribution in [3.8, 4) is 5.75 Å². The van der Waals surface area contributed by atoms with Gasteiger partial charge in [0.1, 0.15) is 17.3 Å². The number of ether oxygens (including phenoxy) is 1. The number of amides is 1. The van der Waals surface area contributed by atoms with E-state index < -0.39 is 17.7 Å². The number of nitrogens with zero attached hydrogens (tertiary/aromatic N) is 1. The lowest BCUT2D eigenvalue weighted by molar-refractivity contribution is -0.140. The van der Waals surface area contributed by atoms with E-state index in [0.29, 0.717) is 22.4 Å². The monoisotopic (exact) mass is 501 g/mol. The zero-order valence-corrected chi connectivity index (χ0v) is 21.8. The molecule has 3 aromatic carbocycles. The van der Waals surface area contributed by atoms with Crippen molar-refractivity contribution in [3.63, 3.8) is 0 Å². The van der Waals surface area contributed by atoms with Gasteiger partial charge in [-0.3, -0.25) is 9.59 Å². The Morgan fingerprint density at radius 3 is 2.24 bits per heavy atom. The number of rotatable bonds is 6. The van der Waals surface area contributed by atoms with Crippen LogP contribution in [0.4, 0.5) is 4.39 Å². The molecule has 1 atom stereocenters. The van der Waals surface area contributed by atoms with Crippen LogP contribution in [0.2, 0.25) is 0 Å². The van der Waals surface area contributed by atoms with Crippen LogP contribution in [0.3, 0.4) is 0 Å². The van der Waals surface area contributed by atoms with Crippen LogP contribution in [0, 0.1) is 5.82 Å². The van der Waals surface area contributed by atoms with E-state index in [0.717, 1.165) is 5.56 Å². The Kier molecular flexibility index (Phi) is 7.21. The van der Waals surface area contributed by atoms with Crippen molar-refractivity contribution in [3.05, 3.63) is 106 Å². The molecular formula is C31H32FNO4. The highest BCUT2D eigenvalue weighted by molar-refractivity contribution is 6.46. The number of carbonyl (C=O) groups is 2. The Morgan fingerprint density at radius 1 is 1.00 bits per heavy atom. The van der Waals surface area contributed by atoms with Gasteiger partial charge in [-0.1, -0.05) is 69.3 Å². The normalized spacial score (nSPS) is 17.5. The summed E-state index contributed by atoms with van der Waals surface area (Å²) < 4.78 is 19.3. The van der Waals surface area contributed by atoms with Gasteiger partial charge >= 0.3 is 0 Å². The molecule has 6 heteroatoms. The van der Waals surface area contributed by atoms with Crippen molar-refractivity contribution >= 4 is 17.4 Å². The van der Waals surface area contributed by atoms with E-state index in [1.165, 1.54) is 17.0 Å². The summed E-state index contributed by atoms with van der Waals surface area (Å²) in [7, 11) is 0. The van der Waals surface area contributed by atoms with Crippen LogP contribution in [0.25, 0.3) is 5.76 Å². The maximum atomic E-state index is 13.5. The summed E-state index contributed by atoms with van der Waals surface area (Å²) in [6.45, 7) is 10.2. The Bertz CT molecular complexity index is 1330. The molecule has 0 aliphatic carbocycles. The lowest BCUT2D eigenvalue weighted by atomic mass is 9.85. The minimum Gasteiger partial charge on any atom is -0.507 e. The predicted octanol–water partition coefficient (Wildman–Crippen LogP) is 6.53. The Labute approximate surface area is 217 Å². The van der Waals surface area contributed by atoms with Crippen LogP contribution in [-0.2, 0) is 21.5 Å². The topological polar surface area (TPSA) is 66.8 Å². The van der Waals surface area contributed by atoms with E-state index in [2.05, 4.69) is 20.8 Å². The molecule has 5 nitrogen and oxygen atoms in total. The Hall–Kier alpha value is -3.93. The van der Waals surface area contributed by atoms with Gasteiger partial charge in [0, 0.05) is 12.1 Å². The van der Waals surface area contributed by atoms with Crippen molar-refractivity contribution in [2.45, 2.75) is 58.7 Å². The van der Waals surface area contributed by atoms with Crippen molar-refractivity contribution in [1.29, 1.82) is 0 Å². The molecule has 0 spiro atoms. The number of hydrogen-bond acceptors (Lipinski definition) is 4. The van der Waals surface area contributed by atoms with Gasteiger partial charge in [-0.05, 0) is 60.2 Å². The molecule has 1 fully saturated rings. The van der Waals surface area contributed by atoms with E-state index in [4.69, 9.17) is 4.74 Å². The molecule has 192 valence electrons. The average molecular weight is 502 g/mol. The molecule has 1 N–H and O–H groups in total.